The molecule has 0 spiro atoms. The van der Waals surface area contributed by atoms with Crippen molar-refractivity contribution in [2.75, 3.05) is 13.2 Å². The molecule has 1 rings (SSSR count). The molecule has 1 saturated heterocycles. The minimum absolute atomic E-state index is 0.194. The number of ether oxygens (including phenoxy) is 1. The molecule has 96 valence electrons. The highest BCUT2D eigenvalue weighted by molar-refractivity contribution is 6.74. The van der Waals surface area contributed by atoms with Crippen molar-refractivity contribution in [1.82, 2.24) is 0 Å². The molecule has 4 heteroatoms. The summed E-state index contributed by atoms with van der Waals surface area (Å²) in [5.74, 6) is 0. The molecule has 0 radical (unpaired) electrons. The fourth-order valence-electron chi connectivity index (χ4n) is 1.69. The summed E-state index contributed by atoms with van der Waals surface area (Å²) in [5, 5.41) is 9.11. The lowest BCUT2D eigenvalue weighted by Gasteiger charge is -2.38. The van der Waals surface area contributed by atoms with E-state index in [0.29, 0.717) is 6.61 Å². The van der Waals surface area contributed by atoms with Crippen LogP contribution in [0.15, 0.2) is 0 Å². The fourth-order valence-corrected chi connectivity index (χ4v) is 3.04. The molecule has 0 aliphatic carbocycles. The minimum Gasteiger partial charge on any atom is -0.411 e. The van der Waals surface area contributed by atoms with E-state index < -0.39 is 8.32 Å². The Morgan fingerprint density at radius 2 is 2.00 bits per heavy atom. The maximum Gasteiger partial charge on any atom is 0.192 e. The van der Waals surface area contributed by atoms with Gasteiger partial charge >= 0.3 is 0 Å². The van der Waals surface area contributed by atoms with Gasteiger partial charge in [-0.3, -0.25) is 0 Å². The molecule has 1 aliphatic rings. The number of aliphatic hydroxyl groups is 1. The van der Waals surface area contributed by atoms with Crippen LogP contribution in [0.5, 0.6) is 0 Å². The summed E-state index contributed by atoms with van der Waals surface area (Å²) in [6.45, 7) is 12.2. The first-order chi connectivity index (χ1) is 7.26. The van der Waals surface area contributed by atoms with Gasteiger partial charge in [-0.25, -0.2) is 0 Å². The van der Waals surface area contributed by atoms with Crippen molar-refractivity contribution in [1.29, 1.82) is 0 Å². The van der Waals surface area contributed by atoms with Crippen molar-refractivity contribution < 1.29 is 14.3 Å². The van der Waals surface area contributed by atoms with E-state index in [9.17, 15) is 0 Å². The summed E-state index contributed by atoms with van der Waals surface area (Å²) in [6.07, 6.45) is 2.10. The highest BCUT2D eigenvalue weighted by Gasteiger charge is 2.40. The minimum atomic E-state index is -1.66. The van der Waals surface area contributed by atoms with Crippen LogP contribution in [0, 0.1) is 0 Å². The Labute approximate surface area is 100 Å². The second-order valence-electron chi connectivity index (χ2n) is 6.20. The zero-order chi connectivity index (χ0) is 12.4. The Morgan fingerprint density at radius 3 is 2.50 bits per heavy atom. The number of hydrogen-bond acceptors (Lipinski definition) is 3. The van der Waals surface area contributed by atoms with E-state index in [0.717, 1.165) is 12.8 Å². The summed E-state index contributed by atoms with van der Waals surface area (Å²) in [7, 11) is -1.66. The third-order valence-electron chi connectivity index (χ3n) is 3.76. The molecule has 3 nitrogen and oxygen atoms in total. The van der Waals surface area contributed by atoms with E-state index in [1.54, 1.807) is 0 Å². The van der Waals surface area contributed by atoms with Crippen LogP contribution in [0.25, 0.3) is 0 Å². The molecule has 0 aromatic rings. The number of hydrogen-bond donors (Lipinski definition) is 1. The van der Waals surface area contributed by atoms with Crippen LogP contribution in [-0.4, -0.2) is 38.8 Å². The lowest BCUT2D eigenvalue weighted by molar-refractivity contribution is 0.0747. The zero-order valence-electron chi connectivity index (χ0n) is 11.2. The largest absolute Gasteiger partial charge is 0.411 e. The van der Waals surface area contributed by atoms with Crippen molar-refractivity contribution in [3.05, 3.63) is 0 Å². The van der Waals surface area contributed by atoms with Gasteiger partial charge in [0.05, 0.1) is 18.8 Å². The van der Waals surface area contributed by atoms with Gasteiger partial charge in [0.1, 0.15) is 0 Å². The molecular weight excluding hydrogens is 220 g/mol. The van der Waals surface area contributed by atoms with Crippen LogP contribution in [0.3, 0.4) is 0 Å². The Balaban J connectivity index is 2.45. The topological polar surface area (TPSA) is 38.7 Å². The average Bonchev–Trinajstić information content (AvgIpc) is 2.50. The van der Waals surface area contributed by atoms with Gasteiger partial charge in [-0.1, -0.05) is 20.8 Å². The van der Waals surface area contributed by atoms with Crippen LogP contribution in [-0.2, 0) is 9.16 Å². The van der Waals surface area contributed by atoms with Gasteiger partial charge in [-0.05, 0) is 24.6 Å². The second kappa shape index (κ2) is 5.17. The summed E-state index contributed by atoms with van der Waals surface area (Å²) < 4.78 is 11.9. The maximum absolute atomic E-state index is 8.86. The standard InChI is InChI=1S/C12H26O3Si/c1-12(2,3)16(4,5)15-11-8-10(6-7-13)14-9-11/h10-11,13H,6-9H2,1-5H3/t10-,11?/m0/s1. The first-order valence-electron chi connectivity index (χ1n) is 6.16. The predicted molar refractivity (Wildman–Crippen MR) is 68.1 cm³/mol. The van der Waals surface area contributed by atoms with Crippen LogP contribution < -0.4 is 0 Å². The van der Waals surface area contributed by atoms with Crippen LogP contribution in [0.2, 0.25) is 18.1 Å². The van der Waals surface area contributed by atoms with Gasteiger partial charge in [0.25, 0.3) is 0 Å². The number of rotatable bonds is 4. The van der Waals surface area contributed by atoms with Gasteiger partial charge in [0, 0.05) is 13.0 Å². The van der Waals surface area contributed by atoms with Gasteiger partial charge in [-0.2, -0.15) is 0 Å². The highest BCUT2D eigenvalue weighted by atomic mass is 28.4. The molecule has 2 atom stereocenters. The summed E-state index contributed by atoms with van der Waals surface area (Å²) in [4.78, 5) is 0. The molecule has 0 saturated carbocycles. The Bertz CT molecular complexity index is 223. The van der Waals surface area contributed by atoms with E-state index in [1.807, 2.05) is 0 Å². The lowest BCUT2D eigenvalue weighted by atomic mass is 10.2. The summed E-state index contributed by atoms with van der Waals surface area (Å²) >= 11 is 0. The molecule has 1 N–H and O–H groups in total. The number of aliphatic hydroxyl groups excluding tert-OH is 1. The van der Waals surface area contributed by atoms with E-state index in [-0.39, 0.29) is 23.9 Å². The molecule has 1 aliphatic heterocycles. The summed E-state index contributed by atoms with van der Waals surface area (Å²) in [5.41, 5.74) is 0. The van der Waals surface area contributed by atoms with Crippen LogP contribution in [0.4, 0.5) is 0 Å². The van der Waals surface area contributed by atoms with E-state index >= 15 is 0 Å². The normalized spacial score (nSPS) is 27.4. The van der Waals surface area contributed by atoms with Gasteiger partial charge < -0.3 is 14.3 Å². The Hall–Kier alpha value is 0.0969. The molecular formula is C12H26O3Si. The van der Waals surface area contributed by atoms with Gasteiger partial charge in [0.2, 0.25) is 0 Å². The Morgan fingerprint density at radius 1 is 1.38 bits per heavy atom. The zero-order valence-corrected chi connectivity index (χ0v) is 12.2. The first kappa shape index (κ1) is 14.2. The molecule has 0 aromatic carbocycles. The van der Waals surface area contributed by atoms with E-state index in [1.165, 1.54) is 0 Å². The van der Waals surface area contributed by atoms with E-state index in [2.05, 4.69) is 33.9 Å². The first-order valence-corrected chi connectivity index (χ1v) is 9.07. The predicted octanol–water partition coefficient (Wildman–Crippen LogP) is 2.55. The van der Waals surface area contributed by atoms with Crippen molar-refractivity contribution in [3.63, 3.8) is 0 Å². The molecule has 16 heavy (non-hydrogen) atoms. The molecule has 1 heterocycles. The highest BCUT2D eigenvalue weighted by Crippen LogP contribution is 2.38. The molecule has 0 amide bonds. The quantitative estimate of drug-likeness (QED) is 0.775. The van der Waals surface area contributed by atoms with Crippen LogP contribution in [0.1, 0.15) is 33.6 Å². The third kappa shape index (κ3) is 3.55. The molecule has 1 fully saturated rings. The van der Waals surface area contributed by atoms with Crippen molar-refractivity contribution >= 4 is 8.32 Å². The molecule has 0 bridgehead atoms. The smallest absolute Gasteiger partial charge is 0.192 e. The maximum atomic E-state index is 8.86. The fraction of sp³-hybridized carbons (Fsp3) is 1.00. The van der Waals surface area contributed by atoms with E-state index in [4.69, 9.17) is 14.3 Å². The molecule has 0 aromatic heterocycles. The summed E-state index contributed by atoms with van der Waals surface area (Å²) in [6, 6.07) is 0. The SMILES string of the molecule is CC(C)(C)[Si](C)(C)OC1CO[C@@H](CCO)C1. The van der Waals surface area contributed by atoms with Crippen molar-refractivity contribution in [3.8, 4) is 0 Å². The monoisotopic (exact) mass is 246 g/mol. The second-order valence-corrected chi connectivity index (χ2v) is 11.0. The molecule has 1 unspecified atom stereocenters. The van der Waals surface area contributed by atoms with Crippen molar-refractivity contribution in [2.45, 2.75) is 64.0 Å². The third-order valence-corrected chi connectivity index (χ3v) is 8.30. The van der Waals surface area contributed by atoms with Crippen LogP contribution >= 0.6 is 0 Å². The van der Waals surface area contributed by atoms with Gasteiger partial charge in [-0.15, -0.1) is 0 Å². The van der Waals surface area contributed by atoms with Gasteiger partial charge in [0.15, 0.2) is 8.32 Å². The lowest BCUT2D eigenvalue weighted by Crippen LogP contribution is -2.44. The Kier molecular flexibility index (Phi) is 4.57. The van der Waals surface area contributed by atoms with Crippen molar-refractivity contribution in [2.24, 2.45) is 0 Å². The average molecular weight is 246 g/mol.